The predicted octanol–water partition coefficient (Wildman–Crippen LogP) is 3.82. The van der Waals surface area contributed by atoms with Gasteiger partial charge in [-0.05, 0) is 71.8 Å². The third kappa shape index (κ3) is 16.0. The van der Waals surface area contributed by atoms with E-state index in [2.05, 4.69) is 73.6 Å². The third-order valence-corrected chi connectivity index (χ3v) is 4.75. The molecule has 2 aromatic carbocycles. The van der Waals surface area contributed by atoms with E-state index in [1.54, 1.807) is 0 Å². The summed E-state index contributed by atoms with van der Waals surface area (Å²) in [6.45, 7) is 10.8. The SMILES string of the molecule is Cc1ccc(N)c(C#C[Si](C)(C)C)c1.Cc1ccc(N)c(I)c1.O=C=O.O=C=O. The summed E-state index contributed by atoms with van der Waals surface area (Å²) < 4.78 is 1.13. The maximum Gasteiger partial charge on any atom is 0.373 e. The summed E-state index contributed by atoms with van der Waals surface area (Å²) in [5, 5.41) is 0. The van der Waals surface area contributed by atoms with Crippen molar-refractivity contribution in [3.63, 3.8) is 0 Å². The predicted molar refractivity (Wildman–Crippen MR) is 124 cm³/mol. The Morgan fingerprint density at radius 3 is 1.59 bits per heavy atom. The van der Waals surface area contributed by atoms with Crippen LogP contribution in [-0.4, -0.2) is 20.4 Å². The van der Waals surface area contributed by atoms with Crippen molar-refractivity contribution in [1.29, 1.82) is 0 Å². The van der Waals surface area contributed by atoms with E-state index in [1.165, 1.54) is 11.1 Å². The Kier molecular flexibility index (Phi) is 15.0. The van der Waals surface area contributed by atoms with Gasteiger partial charge in [-0.3, -0.25) is 0 Å². The number of benzene rings is 2. The monoisotopic (exact) mass is 524 g/mol. The van der Waals surface area contributed by atoms with Crippen molar-refractivity contribution in [3.8, 4) is 11.5 Å². The number of hydrogen-bond acceptors (Lipinski definition) is 6. The van der Waals surface area contributed by atoms with Crippen LogP contribution in [0.1, 0.15) is 16.7 Å². The second-order valence-electron chi connectivity index (χ2n) is 6.78. The first kappa shape index (κ1) is 28.5. The first-order valence-electron chi connectivity index (χ1n) is 8.31. The minimum absolute atomic E-state index is 0.250. The number of aryl methyl sites for hydroxylation is 2. The van der Waals surface area contributed by atoms with Crippen LogP contribution in [0.4, 0.5) is 11.4 Å². The molecular weight excluding hydrogens is 499 g/mol. The summed E-state index contributed by atoms with van der Waals surface area (Å²) >= 11 is 2.22. The number of nitrogens with two attached hydrogens (primary N) is 2. The topological polar surface area (TPSA) is 120 Å². The highest BCUT2D eigenvalue weighted by molar-refractivity contribution is 14.1. The van der Waals surface area contributed by atoms with Crippen molar-refractivity contribution in [3.05, 3.63) is 56.7 Å². The van der Waals surface area contributed by atoms with Gasteiger partial charge in [-0.2, -0.15) is 19.2 Å². The third-order valence-electron chi connectivity index (χ3n) is 2.94. The molecule has 0 saturated carbocycles. The van der Waals surface area contributed by atoms with Crippen molar-refractivity contribution in [1.82, 2.24) is 0 Å². The van der Waals surface area contributed by atoms with Gasteiger partial charge in [0.15, 0.2) is 0 Å². The maximum atomic E-state index is 8.12. The number of carbonyl (C=O) groups excluding carboxylic acids is 4. The van der Waals surface area contributed by atoms with Gasteiger partial charge in [0.25, 0.3) is 0 Å². The normalized spacial score (nSPS) is 8.62. The van der Waals surface area contributed by atoms with E-state index < -0.39 is 8.07 Å². The summed E-state index contributed by atoms with van der Waals surface area (Å²) in [4.78, 5) is 32.5. The van der Waals surface area contributed by atoms with Crippen LogP contribution in [0.15, 0.2) is 36.4 Å². The second kappa shape index (κ2) is 15.3. The van der Waals surface area contributed by atoms with Gasteiger partial charge in [0.1, 0.15) is 8.07 Å². The number of halogens is 1. The molecule has 0 radical (unpaired) electrons. The van der Waals surface area contributed by atoms with Crippen LogP contribution in [0, 0.1) is 28.9 Å². The van der Waals surface area contributed by atoms with Crippen LogP contribution in [0.5, 0.6) is 0 Å². The lowest BCUT2D eigenvalue weighted by molar-refractivity contribution is -0.193. The fourth-order valence-corrected chi connectivity index (χ4v) is 2.85. The lowest BCUT2D eigenvalue weighted by Crippen LogP contribution is -2.16. The highest BCUT2D eigenvalue weighted by Crippen LogP contribution is 2.15. The first-order valence-corrected chi connectivity index (χ1v) is 12.9. The minimum atomic E-state index is -1.30. The average molecular weight is 524 g/mol. The summed E-state index contributed by atoms with van der Waals surface area (Å²) in [5.74, 6) is 3.18. The molecule has 0 fully saturated rings. The van der Waals surface area contributed by atoms with E-state index in [0.717, 1.165) is 20.5 Å². The largest absolute Gasteiger partial charge is 0.398 e. The molecule has 0 unspecified atom stereocenters. The Bertz CT molecular complexity index is 904. The molecule has 0 heterocycles. The number of nitrogen functional groups attached to an aromatic ring is 2. The molecule has 6 nitrogen and oxygen atoms in total. The molecule has 0 atom stereocenters. The van der Waals surface area contributed by atoms with Crippen molar-refractivity contribution in [2.45, 2.75) is 33.5 Å². The highest BCUT2D eigenvalue weighted by atomic mass is 127. The van der Waals surface area contributed by atoms with Crippen molar-refractivity contribution < 1.29 is 19.2 Å². The van der Waals surface area contributed by atoms with E-state index in [0.29, 0.717) is 0 Å². The number of anilines is 2. The molecule has 0 amide bonds. The first-order chi connectivity index (χ1) is 13.4. The summed E-state index contributed by atoms with van der Waals surface area (Å²) in [7, 11) is -1.30. The molecule has 4 N–H and O–H groups in total. The van der Waals surface area contributed by atoms with Gasteiger partial charge < -0.3 is 11.5 Å². The Balaban J connectivity index is 0. The fraction of sp³-hybridized carbons (Fsp3) is 0.238. The van der Waals surface area contributed by atoms with E-state index in [-0.39, 0.29) is 12.3 Å². The van der Waals surface area contributed by atoms with Crippen LogP contribution in [0.2, 0.25) is 19.6 Å². The fourth-order valence-electron chi connectivity index (χ4n) is 1.67. The Hall–Kier alpha value is -2.69. The van der Waals surface area contributed by atoms with Gasteiger partial charge in [0.05, 0.1) is 0 Å². The summed E-state index contributed by atoms with van der Waals surface area (Å²) in [6.07, 6.45) is 0.500. The highest BCUT2D eigenvalue weighted by Gasteiger charge is 2.07. The molecule has 0 aromatic heterocycles. The molecule has 0 aliphatic carbocycles. The summed E-state index contributed by atoms with van der Waals surface area (Å²) in [5.41, 5.74) is 19.8. The number of hydrogen-bond donors (Lipinski definition) is 2. The molecule has 0 aliphatic heterocycles. The summed E-state index contributed by atoms with van der Waals surface area (Å²) in [6, 6.07) is 12.0. The zero-order chi connectivity index (χ0) is 23.0. The lowest BCUT2D eigenvalue weighted by atomic mass is 10.1. The van der Waals surface area contributed by atoms with Gasteiger partial charge in [0, 0.05) is 20.5 Å². The van der Waals surface area contributed by atoms with Crippen molar-refractivity contribution in [2.24, 2.45) is 0 Å². The maximum absolute atomic E-state index is 8.12. The van der Waals surface area contributed by atoms with E-state index >= 15 is 0 Å². The molecule has 154 valence electrons. The Morgan fingerprint density at radius 2 is 1.21 bits per heavy atom. The quantitative estimate of drug-likeness (QED) is 0.234. The van der Waals surface area contributed by atoms with E-state index in [4.69, 9.17) is 30.6 Å². The van der Waals surface area contributed by atoms with Crippen LogP contribution >= 0.6 is 22.6 Å². The molecule has 0 spiro atoms. The standard InChI is InChI=1S/C12H17NSi.C7H8IN.2CO2/c1-10-5-6-12(13)11(9-10)7-8-14(2,3)4;1-5-2-3-7(9)6(8)4-5;2*2-1-3/h5-6,9H,13H2,1-4H3;2-4H,9H2,1H3;;. The lowest BCUT2D eigenvalue weighted by Gasteiger charge is -2.04. The van der Waals surface area contributed by atoms with Crippen LogP contribution in [0.3, 0.4) is 0 Å². The van der Waals surface area contributed by atoms with Gasteiger partial charge in [-0.15, -0.1) is 5.54 Å². The smallest absolute Gasteiger partial charge is 0.373 e. The average Bonchev–Trinajstić information content (AvgIpc) is 2.60. The molecule has 0 saturated heterocycles. The molecule has 0 bridgehead atoms. The van der Waals surface area contributed by atoms with Gasteiger partial charge in [-0.1, -0.05) is 37.7 Å². The molecule has 2 aromatic rings. The van der Waals surface area contributed by atoms with Gasteiger partial charge in [-0.25, -0.2) is 0 Å². The zero-order valence-corrected chi connectivity index (χ0v) is 20.3. The van der Waals surface area contributed by atoms with Gasteiger partial charge in [0.2, 0.25) is 0 Å². The molecular formula is C21H25IN2O4Si. The van der Waals surface area contributed by atoms with Crippen LogP contribution in [0.25, 0.3) is 0 Å². The van der Waals surface area contributed by atoms with E-state index in [9.17, 15) is 0 Å². The number of rotatable bonds is 0. The van der Waals surface area contributed by atoms with Crippen LogP contribution < -0.4 is 11.5 Å². The van der Waals surface area contributed by atoms with Gasteiger partial charge >= 0.3 is 12.3 Å². The van der Waals surface area contributed by atoms with Crippen molar-refractivity contribution in [2.75, 3.05) is 11.5 Å². The molecule has 2 rings (SSSR count). The second-order valence-corrected chi connectivity index (χ2v) is 12.7. The Morgan fingerprint density at radius 1 is 0.793 bits per heavy atom. The molecule has 29 heavy (non-hydrogen) atoms. The zero-order valence-electron chi connectivity index (χ0n) is 17.1. The Labute approximate surface area is 186 Å². The minimum Gasteiger partial charge on any atom is -0.398 e. The van der Waals surface area contributed by atoms with Crippen LogP contribution in [-0.2, 0) is 19.2 Å². The molecule has 0 aliphatic rings. The van der Waals surface area contributed by atoms with E-state index in [1.807, 2.05) is 30.3 Å². The molecule has 8 heteroatoms. The van der Waals surface area contributed by atoms with Crippen molar-refractivity contribution >= 4 is 54.3 Å².